The number of rotatable bonds is 6. The van der Waals surface area contributed by atoms with E-state index in [-0.39, 0.29) is 11.7 Å². The van der Waals surface area contributed by atoms with E-state index >= 15 is 0 Å². The summed E-state index contributed by atoms with van der Waals surface area (Å²) in [4.78, 5) is 14.3. The van der Waals surface area contributed by atoms with Crippen LogP contribution in [0.5, 0.6) is 0 Å². The second-order valence-corrected chi connectivity index (χ2v) is 5.61. The molecule has 0 aliphatic carbocycles. The zero-order valence-corrected chi connectivity index (χ0v) is 13.6. The summed E-state index contributed by atoms with van der Waals surface area (Å²) in [6.07, 6.45) is 4.47. The van der Waals surface area contributed by atoms with Gasteiger partial charge in [0.15, 0.2) is 0 Å². The molecule has 126 valence electrons. The highest BCUT2D eigenvalue weighted by atomic mass is 19.1. The van der Waals surface area contributed by atoms with Gasteiger partial charge in [0.2, 0.25) is 5.91 Å². The maximum Gasteiger partial charge on any atom is 0.247 e. The Balaban J connectivity index is 1.77. The van der Waals surface area contributed by atoms with Crippen LogP contribution in [0, 0.1) is 5.82 Å². The SMILES string of the molecule is O=C(C=Cc1ccccc1F)N(Cc1ccccc1)Cc1ccco1. The first-order valence-corrected chi connectivity index (χ1v) is 8.00. The van der Waals surface area contributed by atoms with Crippen LogP contribution >= 0.6 is 0 Å². The molecule has 1 aromatic heterocycles. The fourth-order valence-corrected chi connectivity index (χ4v) is 2.48. The molecule has 0 spiro atoms. The zero-order chi connectivity index (χ0) is 17.5. The van der Waals surface area contributed by atoms with E-state index in [0.717, 1.165) is 5.56 Å². The van der Waals surface area contributed by atoms with Crippen molar-refractivity contribution in [2.75, 3.05) is 0 Å². The van der Waals surface area contributed by atoms with Gasteiger partial charge in [-0.15, -0.1) is 0 Å². The van der Waals surface area contributed by atoms with Gasteiger partial charge in [-0.25, -0.2) is 4.39 Å². The normalized spacial score (nSPS) is 10.9. The highest BCUT2D eigenvalue weighted by Crippen LogP contribution is 2.13. The molecule has 0 saturated carbocycles. The van der Waals surface area contributed by atoms with E-state index in [1.165, 1.54) is 18.2 Å². The second kappa shape index (κ2) is 8.11. The van der Waals surface area contributed by atoms with Crippen LogP contribution in [-0.2, 0) is 17.9 Å². The largest absolute Gasteiger partial charge is 0.467 e. The summed E-state index contributed by atoms with van der Waals surface area (Å²) in [6, 6.07) is 19.7. The van der Waals surface area contributed by atoms with Gasteiger partial charge in [0.05, 0.1) is 12.8 Å². The van der Waals surface area contributed by atoms with E-state index in [9.17, 15) is 9.18 Å². The molecule has 0 bridgehead atoms. The van der Waals surface area contributed by atoms with Crippen molar-refractivity contribution in [2.24, 2.45) is 0 Å². The zero-order valence-electron chi connectivity index (χ0n) is 13.6. The number of furan rings is 1. The lowest BCUT2D eigenvalue weighted by molar-refractivity contribution is -0.127. The summed E-state index contributed by atoms with van der Waals surface area (Å²) in [7, 11) is 0. The van der Waals surface area contributed by atoms with Gasteiger partial charge < -0.3 is 9.32 Å². The molecule has 0 fully saturated rings. The molecule has 3 nitrogen and oxygen atoms in total. The van der Waals surface area contributed by atoms with Crippen molar-refractivity contribution in [1.82, 2.24) is 4.90 Å². The molecule has 0 unspecified atom stereocenters. The van der Waals surface area contributed by atoms with Crippen molar-refractivity contribution in [3.63, 3.8) is 0 Å². The molecular formula is C21H18FNO2. The van der Waals surface area contributed by atoms with Crippen molar-refractivity contribution in [1.29, 1.82) is 0 Å². The Kier molecular flexibility index (Phi) is 5.42. The third-order valence-corrected chi connectivity index (χ3v) is 3.77. The number of hydrogen-bond donors (Lipinski definition) is 0. The molecule has 25 heavy (non-hydrogen) atoms. The number of amides is 1. The average Bonchev–Trinajstić information content (AvgIpc) is 3.14. The van der Waals surface area contributed by atoms with E-state index in [4.69, 9.17) is 4.42 Å². The van der Waals surface area contributed by atoms with Crippen LogP contribution in [0.1, 0.15) is 16.9 Å². The van der Waals surface area contributed by atoms with Gasteiger partial charge >= 0.3 is 0 Å². The van der Waals surface area contributed by atoms with Crippen LogP contribution in [0.3, 0.4) is 0 Å². The van der Waals surface area contributed by atoms with Crippen molar-refractivity contribution >= 4 is 12.0 Å². The number of benzene rings is 2. The second-order valence-electron chi connectivity index (χ2n) is 5.61. The molecule has 0 aliphatic rings. The Hall–Kier alpha value is -3.14. The topological polar surface area (TPSA) is 33.5 Å². The molecule has 0 N–H and O–H groups in total. The molecule has 0 saturated heterocycles. The van der Waals surface area contributed by atoms with E-state index in [1.54, 1.807) is 35.4 Å². The first-order chi connectivity index (χ1) is 12.2. The van der Waals surface area contributed by atoms with Gasteiger partial charge in [0, 0.05) is 18.2 Å². The highest BCUT2D eigenvalue weighted by Gasteiger charge is 2.13. The van der Waals surface area contributed by atoms with Gasteiger partial charge in [-0.2, -0.15) is 0 Å². The predicted octanol–water partition coefficient (Wildman–Crippen LogP) is 4.66. The van der Waals surface area contributed by atoms with Crippen molar-refractivity contribution in [3.8, 4) is 0 Å². The number of nitrogens with zero attached hydrogens (tertiary/aromatic N) is 1. The maximum atomic E-state index is 13.7. The highest BCUT2D eigenvalue weighted by molar-refractivity contribution is 5.91. The summed E-state index contributed by atoms with van der Waals surface area (Å²) in [5, 5.41) is 0. The van der Waals surface area contributed by atoms with Crippen molar-refractivity contribution in [2.45, 2.75) is 13.1 Å². The molecule has 2 aromatic carbocycles. The number of hydrogen-bond acceptors (Lipinski definition) is 2. The summed E-state index contributed by atoms with van der Waals surface area (Å²) < 4.78 is 19.1. The van der Waals surface area contributed by atoms with Crippen LogP contribution in [0.4, 0.5) is 4.39 Å². The lowest BCUT2D eigenvalue weighted by atomic mass is 10.2. The van der Waals surface area contributed by atoms with Crippen LogP contribution in [0.25, 0.3) is 6.08 Å². The third kappa shape index (κ3) is 4.67. The average molecular weight is 335 g/mol. The maximum absolute atomic E-state index is 13.7. The quantitative estimate of drug-likeness (QED) is 0.614. The minimum absolute atomic E-state index is 0.205. The summed E-state index contributed by atoms with van der Waals surface area (Å²) in [5.41, 5.74) is 1.40. The summed E-state index contributed by atoms with van der Waals surface area (Å²) in [5.74, 6) is 0.138. The molecule has 3 aromatic rings. The van der Waals surface area contributed by atoms with Crippen LogP contribution in [0.15, 0.2) is 83.5 Å². The van der Waals surface area contributed by atoms with Gasteiger partial charge in [-0.05, 0) is 29.8 Å². The van der Waals surface area contributed by atoms with E-state index in [1.807, 2.05) is 36.4 Å². The number of carbonyl (C=O) groups excluding carboxylic acids is 1. The van der Waals surface area contributed by atoms with Crippen molar-refractivity contribution < 1.29 is 13.6 Å². The lowest BCUT2D eigenvalue weighted by Crippen LogP contribution is -2.28. The first-order valence-electron chi connectivity index (χ1n) is 8.00. The molecule has 4 heteroatoms. The Morgan fingerprint density at radius 1 is 0.960 bits per heavy atom. The Bertz CT molecular complexity index is 841. The standard InChI is InChI=1S/C21H18FNO2/c22-20-11-5-4-9-18(20)12-13-21(24)23(16-19-10-6-14-25-19)15-17-7-2-1-3-8-17/h1-14H,15-16H2. The van der Waals surface area contributed by atoms with Gasteiger partial charge in [-0.1, -0.05) is 48.5 Å². The summed E-state index contributed by atoms with van der Waals surface area (Å²) in [6.45, 7) is 0.796. The Morgan fingerprint density at radius 3 is 2.44 bits per heavy atom. The molecular weight excluding hydrogens is 317 g/mol. The molecule has 0 radical (unpaired) electrons. The Labute approximate surface area is 146 Å². The van der Waals surface area contributed by atoms with Gasteiger partial charge in [0.1, 0.15) is 11.6 Å². The van der Waals surface area contributed by atoms with Crippen molar-refractivity contribution in [3.05, 3.63) is 102 Å². The third-order valence-electron chi connectivity index (χ3n) is 3.77. The number of halogens is 1. The fraction of sp³-hybridized carbons (Fsp3) is 0.0952. The van der Waals surface area contributed by atoms with Gasteiger partial charge in [-0.3, -0.25) is 4.79 Å². The van der Waals surface area contributed by atoms with Crippen LogP contribution in [0.2, 0.25) is 0 Å². The molecule has 3 rings (SSSR count). The minimum atomic E-state index is -0.354. The van der Waals surface area contributed by atoms with Crippen LogP contribution < -0.4 is 0 Å². The molecule has 0 aliphatic heterocycles. The molecule has 0 atom stereocenters. The molecule has 1 amide bonds. The molecule has 1 heterocycles. The van der Waals surface area contributed by atoms with Gasteiger partial charge in [0.25, 0.3) is 0 Å². The monoisotopic (exact) mass is 335 g/mol. The van der Waals surface area contributed by atoms with E-state index in [0.29, 0.717) is 24.4 Å². The fourth-order valence-electron chi connectivity index (χ4n) is 2.48. The lowest BCUT2D eigenvalue weighted by Gasteiger charge is -2.20. The van der Waals surface area contributed by atoms with E-state index < -0.39 is 0 Å². The summed E-state index contributed by atoms with van der Waals surface area (Å²) >= 11 is 0. The van der Waals surface area contributed by atoms with Crippen LogP contribution in [-0.4, -0.2) is 10.8 Å². The predicted molar refractivity (Wildman–Crippen MR) is 94.8 cm³/mol. The minimum Gasteiger partial charge on any atom is -0.467 e. The number of carbonyl (C=O) groups is 1. The Morgan fingerprint density at radius 2 is 1.72 bits per heavy atom. The smallest absolute Gasteiger partial charge is 0.247 e. The first kappa shape index (κ1) is 16.7. The van der Waals surface area contributed by atoms with E-state index in [2.05, 4.69) is 0 Å².